The lowest BCUT2D eigenvalue weighted by Crippen LogP contribution is -2.44. The third kappa shape index (κ3) is 3.07. The molecular formula is C16H25N3O. The van der Waals surface area contributed by atoms with Crippen LogP contribution in [0.2, 0.25) is 0 Å². The summed E-state index contributed by atoms with van der Waals surface area (Å²) in [4.78, 5) is 4.84. The van der Waals surface area contributed by atoms with Crippen LogP contribution < -0.4 is 15.0 Å². The summed E-state index contributed by atoms with van der Waals surface area (Å²) in [5.74, 6) is 1.03. The van der Waals surface area contributed by atoms with Crippen molar-refractivity contribution in [3.05, 3.63) is 23.8 Å². The lowest BCUT2D eigenvalue weighted by Gasteiger charge is -2.32. The van der Waals surface area contributed by atoms with E-state index in [2.05, 4.69) is 47.3 Å². The monoisotopic (exact) mass is 275 g/mol. The highest BCUT2D eigenvalue weighted by Crippen LogP contribution is 2.33. The largest absolute Gasteiger partial charge is 0.487 e. The maximum atomic E-state index is 5.89. The Bertz CT molecular complexity index is 457. The summed E-state index contributed by atoms with van der Waals surface area (Å²) in [7, 11) is 2.15. The number of benzene rings is 1. The zero-order valence-electron chi connectivity index (χ0n) is 12.6. The van der Waals surface area contributed by atoms with Gasteiger partial charge in [-0.3, -0.25) is 0 Å². The van der Waals surface area contributed by atoms with Crippen LogP contribution >= 0.6 is 0 Å². The summed E-state index contributed by atoms with van der Waals surface area (Å²) in [6, 6.07) is 6.64. The van der Waals surface area contributed by atoms with Crippen molar-refractivity contribution in [1.82, 2.24) is 10.2 Å². The molecule has 1 aromatic carbocycles. The van der Waals surface area contributed by atoms with E-state index in [-0.39, 0.29) is 6.10 Å². The van der Waals surface area contributed by atoms with Crippen LogP contribution in [-0.4, -0.2) is 57.3 Å². The predicted octanol–water partition coefficient (Wildman–Crippen LogP) is 1.35. The first kappa shape index (κ1) is 13.7. The van der Waals surface area contributed by atoms with Crippen molar-refractivity contribution in [2.75, 3.05) is 51.2 Å². The molecule has 2 aliphatic rings. The van der Waals surface area contributed by atoms with Crippen LogP contribution in [0.15, 0.2) is 18.2 Å². The Morgan fingerprint density at radius 1 is 1.30 bits per heavy atom. The number of piperazine rings is 1. The lowest BCUT2D eigenvalue weighted by atomic mass is 10.1. The topological polar surface area (TPSA) is 27.7 Å². The van der Waals surface area contributed by atoms with Crippen molar-refractivity contribution >= 4 is 5.69 Å². The van der Waals surface area contributed by atoms with Gasteiger partial charge in [0, 0.05) is 39.8 Å². The first-order valence-corrected chi connectivity index (χ1v) is 7.66. The van der Waals surface area contributed by atoms with Gasteiger partial charge in [-0.1, -0.05) is 6.07 Å². The predicted molar refractivity (Wildman–Crippen MR) is 82.8 cm³/mol. The number of nitrogens with zero attached hydrogens (tertiary/aromatic N) is 2. The smallest absolute Gasteiger partial charge is 0.143 e. The average molecular weight is 275 g/mol. The number of ether oxygens (including phenoxy) is 1. The van der Waals surface area contributed by atoms with Gasteiger partial charge in [0.1, 0.15) is 11.9 Å². The van der Waals surface area contributed by atoms with E-state index < -0.39 is 0 Å². The number of hydrogen-bond acceptors (Lipinski definition) is 4. The third-order valence-corrected chi connectivity index (χ3v) is 4.22. The molecule has 0 spiro atoms. The molecule has 0 radical (unpaired) electrons. The van der Waals surface area contributed by atoms with E-state index in [1.807, 2.05) is 0 Å². The summed E-state index contributed by atoms with van der Waals surface area (Å²) >= 11 is 0. The minimum atomic E-state index is 0.277. The highest BCUT2D eigenvalue weighted by molar-refractivity contribution is 5.61. The van der Waals surface area contributed by atoms with E-state index in [4.69, 9.17) is 4.74 Å². The van der Waals surface area contributed by atoms with Crippen LogP contribution in [0, 0.1) is 0 Å². The summed E-state index contributed by atoms with van der Waals surface area (Å²) in [6.45, 7) is 8.83. The van der Waals surface area contributed by atoms with Crippen molar-refractivity contribution in [2.24, 2.45) is 0 Å². The van der Waals surface area contributed by atoms with E-state index in [1.165, 1.54) is 24.3 Å². The molecule has 0 bridgehead atoms. The molecule has 0 saturated carbocycles. The van der Waals surface area contributed by atoms with Gasteiger partial charge < -0.3 is 19.9 Å². The van der Waals surface area contributed by atoms with Gasteiger partial charge >= 0.3 is 0 Å². The van der Waals surface area contributed by atoms with Gasteiger partial charge in [-0.05, 0) is 31.0 Å². The van der Waals surface area contributed by atoms with Crippen LogP contribution in [0.5, 0.6) is 5.75 Å². The number of rotatable bonds is 3. The molecule has 2 heterocycles. The molecule has 0 aliphatic carbocycles. The molecule has 20 heavy (non-hydrogen) atoms. The van der Waals surface area contributed by atoms with Crippen LogP contribution in [0.3, 0.4) is 0 Å². The fourth-order valence-corrected chi connectivity index (χ4v) is 3.08. The van der Waals surface area contributed by atoms with E-state index in [1.54, 1.807) is 0 Å². The van der Waals surface area contributed by atoms with E-state index in [0.717, 1.165) is 38.3 Å². The molecule has 0 amide bonds. The van der Waals surface area contributed by atoms with Gasteiger partial charge in [0.15, 0.2) is 0 Å². The molecule has 1 fully saturated rings. The summed E-state index contributed by atoms with van der Waals surface area (Å²) in [5, 5.41) is 3.40. The molecular weight excluding hydrogens is 250 g/mol. The molecule has 4 nitrogen and oxygen atoms in total. The van der Waals surface area contributed by atoms with Crippen molar-refractivity contribution in [1.29, 1.82) is 0 Å². The Kier molecular flexibility index (Phi) is 4.13. The molecule has 1 N–H and O–H groups in total. The van der Waals surface area contributed by atoms with E-state index >= 15 is 0 Å². The second-order valence-corrected chi connectivity index (χ2v) is 5.95. The van der Waals surface area contributed by atoms with Crippen molar-refractivity contribution in [3.63, 3.8) is 0 Å². The molecule has 0 aromatic heterocycles. The fraction of sp³-hybridized carbons (Fsp3) is 0.625. The van der Waals surface area contributed by atoms with Gasteiger partial charge in [-0.25, -0.2) is 0 Å². The van der Waals surface area contributed by atoms with Crippen LogP contribution in [0.25, 0.3) is 0 Å². The molecule has 1 aromatic rings. The lowest BCUT2D eigenvalue weighted by molar-refractivity contribution is 0.215. The minimum Gasteiger partial charge on any atom is -0.487 e. The highest BCUT2D eigenvalue weighted by atomic mass is 16.5. The van der Waals surface area contributed by atoms with Crippen LogP contribution in [-0.2, 0) is 6.42 Å². The average Bonchev–Trinajstić information content (AvgIpc) is 2.46. The maximum absolute atomic E-state index is 5.89. The number of anilines is 1. The summed E-state index contributed by atoms with van der Waals surface area (Å²) < 4.78 is 5.89. The molecule has 110 valence electrons. The van der Waals surface area contributed by atoms with Gasteiger partial charge in [-0.15, -0.1) is 0 Å². The van der Waals surface area contributed by atoms with Gasteiger partial charge in [0.25, 0.3) is 0 Å². The van der Waals surface area contributed by atoms with E-state index in [0.29, 0.717) is 0 Å². The standard InChI is InChI=1S/C16H25N3O/c1-13-12-18(2)15-11-14(3-4-16(15)20-13)5-8-19-9-6-17-7-10-19/h3-4,11,13,17H,5-10,12H2,1-2H3. The zero-order chi connectivity index (χ0) is 13.9. The Morgan fingerprint density at radius 2 is 2.10 bits per heavy atom. The highest BCUT2D eigenvalue weighted by Gasteiger charge is 2.20. The Morgan fingerprint density at radius 3 is 2.90 bits per heavy atom. The second-order valence-electron chi connectivity index (χ2n) is 5.95. The van der Waals surface area contributed by atoms with Crippen molar-refractivity contribution in [2.45, 2.75) is 19.4 Å². The summed E-state index contributed by atoms with van der Waals surface area (Å²) in [6.07, 6.45) is 1.40. The number of likely N-dealkylation sites (N-methyl/N-ethyl adjacent to an activating group) is 1. The summed E-state index contributed by atoms with van der Waals surface area (Å²) in [5.41, 5.74) is 2.65. The molecule has 3 rings (SSSR count). The molecule has 1 unspecified atom stereocenters. The Balaban J connectivity index is 1.64. The first-order chi connectivity index (χ1) is 9.72. The van der Waals surface area contributed by atoms with Crippen LogP contribution in [0.4, 0.5) is 5.69 Å². The first-order valence-electron chi connectivity index (χ1n) is 7.66. The number of fused-ring (bicyclic) bond motifs is 1. The number of hydrogen-bond donors (Lipinski definition) is 1. The van der Waals surface area contributed by atoms with Crippen molar-refractivity contribution in [3.8, 4) is 5.75 Å². The number of nitrogens with one attached hydrogen (secondary N) is 1. The molecule has 1 saturated heterocycles. The molecule has 1 atom stereocenters. The minimum absolute atomic E-state index is 0.277. The van der Waals surface area contributed by atoms with Crippen LogP contribution in [0.1, 0.15) is 12.5 Å². The van der Waals surface area contributed by atoms with Crippen molar-refractivity contribution < 1.29 is 4.74 Å². The quantitative estimate of drug-likeness (QED) is 0.901. The van der Waals surface area contributed by atoms with Gasteiger partial charge in [-0.2, -0.15) is 0 Å². The normalized spacial score (nSPS) is 23.3. The molecule has 2 aliphatic heterocycles. The van der Waals surface area contributed by atoms with E-state index in [9.17, 15) is 0 Å². The third-order valence-electron chi connectivity index (χ3n) is 4.22. The second kappa shape index (κ2) is 6.02. The Hall–Kier alpha value is -1.26. The zero-order valence-corrected chi connectivity index (χ0v) is 12.6. The maximum Gasteiger partial charge on any atom is 0.143 e. The van der Waals surface area contributed by atoms with Gasteiger partial charge in [0.2, 0.25) is 0 Å². The molecule has 4 heteroatoms. The van der Waals surface area contributed by atoms with Gasteiger partial charge in [0.05, 0.1) is 12.2 Å². The SMILES string of the molecule is CC1CN(C)c2cc(CCN3CCNCC3)ccc2O1. The fourth-order valence-electron chi connectivity index (χ4n) is 3.08. The Labute approximate surface area is 121 Å².